The second-order valence-electron chi connectivity index (χ2n) is 27.5. The maximum Gasteiger partial charge on any atom is 0.382 e. The summed E-state index contributed by atoms with van der Waals surface area (Å²) in [7, 11) is -9.36. The van der Waals surface area contributed by atoms with E-state index in [0.717, 1.165) is 86.9 Å². The van der Waals surface area contributed by atoms with Gasteiger partial charge in [0.15, 0.2) is 11.8 Å². The van der Waals surface area contributed by atoms with Gasteiger partial charge in [0.2, 0.25) is 10.9 Å². The van der Waals surface area contributed by atoms with Gasteiger partial charge in [-0.05, 0) is 187 Å². The smallest absolute Gasteiger partial charge is 0.382 e. The maximum atomic E-state index is 14.1. The number of ketones is 1. The van der Waals surface area contributed by atoms with Gasteiger partial charge in [-0.2, -0.15) is 0 Å². The average Bonchev–Trinajstić information content (AvgIpc) is 0.759. The Morgan fingerprint density at radius 2 is 0.892 bits per heavy atom. The predicted molar refractivity (Wildman–Crippen MR) is 348 cm³/mol. The summed E-state index contributed by atoms with van der Waals surface area (Å²) in [5.74, 6) is 4.55. The number of nitrogens with zero attached hydrogens (tertiary/aromatic N) is 6. The second kappa shape index (κ2) is 32.6. The summed E-state index contributed by atoms with van der Waals surface area (Å²) in [5.41, 5.74) is 1.14. The molecule has 8 aliphatic rings. The zero-order valence-corrected chi connectivity index (χ0v) is 61.3. The number of para-hydroxylation sites is 4. The Balaban J connectivity index is 0.000000184. The molecule has 502 valence electrons. The monoisotopic (exact) mass is 1680 g/mol. The first-order valence-corrected chi connectivity index (χ1v) is 36.7. The van der Waals surface area contributed by atoms with Crippen LogP contribution in [0.25, 0.3) is 22.1 Å². The molecule has 24 heteroatoms. The third kappa shape index (κ3) is 17.0. The SMILES string of the molecule is CC1C[C@@H]2CC(N3[C@@H]4CCC[C@H]3CC(n3c(=O)c(P(=O)(O)O)nc5ccccc53)C4)C[C@H](C1)C2.CC1C[C@@H]2CC(N3[C@@H]4CCC[C@H]3CC(n3c(=O)c(P(=O)(O)OCCC(=O)c5ccccc5)nc5ccccc53)C4)C[C@H](C1)C2.FF.O=C(OCCl)c1ccccc1.[W].[W]. The van der Waals surface area contributed by atoms with Gasteiger partial charge >= 0.3 is 21.2 Å². The van der Waals surface area contributed by atoms with Crippen molar-refractivity contribution in [3.63, 3.8) is 0 Å². The molecule has 6 heterocycles. The summed E-state index contributed by atoms with van der Waals surface area (Å²) in [4.78, 5) is 95.9. The molecule has 3 N–H and O–H groups in total. The molecule has 0 radical (unpaired) electrons. The van der Waals surface area contributed by atoms with Gasteiger partial charge in [-0.15, -0.1) is 0 Å². The summed E-state index contributed by atoms with van der Waals surface area (Å²) in [6.45, 7) is 4.56. The first-order chi connectivity index (χ1) is 43.9. The topological polar surface area (TPSA) is 224 Å². The molecule has 6 aromatic rings. The number of carbonyl (C=O) groups excluding carboxylic acids is 2. The van der Waals surface area contributed by atoms with Crippen LogP contribution in [0.3, 0.4) is 0 Å². The van der Waals surface area contributed by atoms with Crippen LogP contribution in [0, 0.1) is 35.5 Å². The Hall–Kier alpha value is -3.95. The zero-order valence-electron chi connectivity index (χ0n) is 52.9. The molecule has 93 heavy (non-hydrogen) atoms. The molecule has 0 spiro atoms. The van der Waals surface area contributed by atoms with Gasteiger partial charge in [0.05, 0.1) is 34.2 Å². The van der Waals surface area contributed by atoms with E-state index in [2.05, 4.69) is 38.4 Å². The molecule has 8 fully saturated rings. The van der Waals surface area contributed by atoms with Crippen molar-refractivity contribution in [2.24, 2.45) is 35.5 Å². The minimum absolute atomic E-state index is 0. The number of alkyl halides is 1. The molecule has 0 amide bonds. The molecule has 2 aromatic heterocycles. The minimum Gasteiger partial charge on any atom is -0.446 e. The Morgan fingerprint density at radius 3 is 1.30 bits per heavy atom. The van der Waals surface area contributed by atoms with E-state index >= 15 is 0 Å². The number of benzene rings is 4. The molecule has 17 nitrogen and oxygen atoms in total. The molecule has 4 saturated heterocycles. The minimum atomic E-state index is -4.77. The van der Waals surface area contributed by atoms with Crippen molar-refractivity contribution in [2.75, 3.05) is 12.7 Å². The Kier molecular flexibility index (Phi) is 25.7. The van der Waals surface area contributed by atoms with Crippen LogP contribution >= 0.6 is 26.8 Å². The van der Waals surface area contributed by atoms with Crippen molar-refractivity contribution < 1.29 is 93.9 Å². The third-order valence-corrected chi connectivity index (χ3v) is 23.6. The molecular weight excluding hydrogens is 1590 g/mol. The summed E-state index contributed by atoms with van der Waals surface area (Å²) in [6, 6.07) is 34.9. The quantitative estimate of drug-likeness (QED) is 0.0423. The van der Waals surface area contributed by atoms with Gasteiger partial charge in [0, 0.05) is 112 Å². The fraction of sp³-hybridized carbons (Fsp3) is 0.565. The van der Waals surface area contributed by atoms with Gasteiger partial charge in [0.25, 0.3) is 11.1 Å². The molecule has 15 atom stereocenters. The van der Waals surface area contributed by atoms with Crippen molar-refractivity contribution in [3.8, 4) is 0 Å². The third-order valence-electron chi connectivity index (χ3n) is 21.3. The molecule has 4 aromatic carbocycles. The number of fused-ring (bicyclic) bond motifs is 10. The van der Waals surface area contributed by atoms with Crippen molar-refractivity contribution in [1.29, 1.82) is 0 Å². The molecule has 14 rings (SSSR count). The van der Waals surface area contributed by atoms with E-state index < -0.39 is 37.2 Å². The van der Waals surface area contributed by atoms with Crippen LogP contribution in [0.1, 0.15) is 181 Å². The van der Waals surface area contributed by atoms with Crippen LogP contribution in [0.4, 0.5) is 9.15 Å². The number of rotatable bonds is 13. The fourth-order valence-corrected chi connectivity index (χ4v) is 20.1. The van der Waals surface area contributed by atoms with E-state index in [1.807, 2.05) is 42.5 Å². The van der Waals surface area contributed by atoms with Crippen LogP contribution in [0.2, 0.25) is 0 Å². The summed E-state index contributed by atoms with van der Waals surface area (Å²) >= 11 is 5.20. The molecule has 4 aliphatic heterocycles. The van der Waals surface area contributed by atoms with E-state index in [0.29, 0.717) is 69.4 Å². The number of piperidine rings is 4. The zero-order chi connectivity index (χ0) is 64.1. The first-order valence-electron chi connectivity index (χ1n) is 33.0. The van der Waals surface area contributed by atoms with Crippen LogP contribution in [-0.4, -0.2) is 104 Å². The van der Waals surface area contributed by atoms with E-state index in [1.165, 1.54) is 77.0 Å². The largest absolute Gasteiger partial charge is 0.446 e. The van der Waals surface area contributed by atoms with Crippen molar-refractivity contribution in [3.05, 3.63) is 141 Å². The van der Waals surface area contributed by atoms with E-state index in [-0.39, 0.29) is 85.1 Å². The number of esters is 1. The van der Waals surface area contributed by atoms with Crippen LogP contribution in [-0.2, 0) is 60.5 Å². The summed E-state index contributed by atoms with van der Waals surface area (Å²) in [6.07, 6.45) is 23.9. The molecule has 7 unspecified atom stereocenters. The van der Waals surface area contributed by atoms with Crippen molar-refractivity contribution in [1.82, 2.24) is 28.9 Å². The molecule has 4 saturated carbocycles. The van der Waals surface area contributed by atoms with Crippen LogP contribution in [0.5, 0.6) is 0 Å². The maximum absolute atomic E-state index is 14.1. The Bertz CT molecular complexity index is 3680. The molecular formula is C69H87ClF2N6O11P2W2. The molecule has 4 aliphatic carbocycles. The van der Waals surface area contributed by atoms with Gasteiger partial charge in [-0.3, -0.25) is 33.3 Å². The van der Waals surface area contributed by atoms with Crippen LogP contribution in [0.15, 0.2) is 119 Å². The normalized spacial score (nSPS) is 29.5. The number of hydrogen-bond donors (Lipinski definition) is 3. The standard InChI is InChI=1S/C35H44N3O5P.C26H36N3O4P.C8H7ClO2.F2.2W/c1-23-16-24-18-25(17-23)20-29(19-24)37-27-10-7-11-28(37)22-30(21-27)38-32-13-6-5-12-31(32)36-34(35(38)40)44(41,42)43-15-14-33(39)26-8-3-2-4-9-26;1-16-9-17-11-18(10-16)13-21(12-17)28-19-5-4-6-20(28)15-22(14-19)29-24-8-3-2-7-23(24)27-25(26(29)30)34(31,32)33;9-6-11-8(10)7-4-2-1-3-5-7;1-2;;/h2-6,8-9,12-13,23-25,27-30H,7,10-11,14-22H2,1H3,(H,41,42);2-3,7-8,16-22H,4-6,9-15H2,1H3,(H2,31,32,33);1-5H,6H2;;;/t23?,24-,25+,27-,28+,29?,30?;16?,17-,18+,19-,20+,21?,22?;;;;. The Morgan fingerprint density at radius 1 is 0.516 bits per heavy atom. The number of hydrogen-bond acceptors (Lipinski definition) is 12. The van der Waals surface area contributed by atoms with E-state index in [9.17, 15) is 43.0 Å². The number of aromatic nitrogens is 4. The number of halogens is 3. The van der Waals surface area contributed by atoms with Crippen LogP contribution < -0.4 is 22.0 Å². The number of Topliss-reactive ketones (excluding diaryl/α,β-unsaturated/α-hetero) is 1. The van der Waals surface area contributed by atoms with E-state index in [4.69, 9.17) is 25.3 Å². The first kappa shape index (κ1) is 73.3. The number of ether oxygens (including phenoxy) is 1. The van der Waals surface area contributed by atoms with Gasteiger partial charge in [0.1, 0.15) is 0 Å². The van der Waals surface area contributed by atoms with Gasteiger partial charge in [-0.25, -0.2) is 14.8 Å². The summed E-state index contributed by atoms with van der Waals surface area (Å²) in [5, 5.41) is 0. The average molecular weight is 1680 g/mol. The van der Waals surface area contributed by atoms with Crippen molar-refractivity contribution in [2.45, 2.75) is 197 Å². The number of carbonyl (C=O) groups is 2. The Labute approximate surface area is 576 Å². The predicted octanol–water partition coefficient (Wildman–Crippen LogP) is 13.1. The van der Waals surface area contributed by atoms with E-state index in [1.54, 1.807) is 75.9 Å². The van der Waals surface area contributed by atoms with Gasteiger partial charge in [-0.1, -0.05) is 111 Å². The fourth-order valence-electron chi connectivity index (χ4n) is 18.4. The second-order valence-corrected chi connectivity index (χ2v) is 31.0. The molecule has 8 bridgehead atoms. The summed E-state index contributed by atoms with van der Waals surface area (Å²) < 4.78 is 55.0. The van der Waals surface area contributed by atoms with Crippen molar-refractivity contribution >= 4 is 71.5 Å². The van der Waals surface area contributed by atoms with Gasteiger partial charge < -0.3 is 33.1 Å².